The topological polar surface area (TPSA) is 118 Å². The Hall–Kier alpha value is -1.08. The van der Waals surface area contributed by atoms with Crippen LogP contribution in [-0.2, 0) is 19.6 Å². The van der Waals surface area contributed by atoms with E-state index in [1.54, 1.807) is 0 Å². The Balaban J connectivity index is 4.84. The van der Waals surface area contributed by atoms with Crippen molar-refractivity contribution < 1.29 is 18.0 Å². The third-order valence-electron chi connectivity index (χ3n) is 0.900. The molecule has 1 unspecified atom stereocenters. The van der Waals surface area contributed by atoms with Crippen LogP contribution in [0, 0.1) is 5.41 Å². The molecule has 0 aromatic rings. The summed E-state index contributed by atoms with van der Waals surface area (Å²) in [5.74, 6) is -1.14. The highest BCUT2D eigenvalue weighted by molar-refractivity contribution is 7.91. The van der Waals surface area contributed by atoms with Crippen LogP contribution < -0.4 is 5.14 Å². The van der Waals surface area contributed by atoms with Crippen LogP contribution in [0.25, 0.3) is 0 Å². The minimum Gasteiger partial charge on any atom is -0.305 e. The van der Waals surface area contributed by atoms with E-state index in [-0.39, 0.29) is 12.5 Å². The van der Waals surface area contributed by atoms with Gasteiger partial charge in [0, 0.05) is 0 Å². The molecule has 11 heavy (non-hydrogen) atoms. The minimum atomic E-state index is -4.20. The standard InChI is InChI=1S/C4H6N2O4S/c5-1-3(8)4(2-7)11(6,9)10/h1-2,4-5H,(H2,6,9,10). The molecule has 7 heteroatoms. The SMILES string of the molecule is N=CC(=O)C(C=O)S(N)(=O)=O. The van der Waals surface area contributed by atoms with E-state index in [0.717, 1.165) is 0 Å². The fraction of sp³-hybridized carbons (Fsp3) is 0.250. The highest BCUT2D eigenvalue weighted by atomic mass is 32.2. The van der Waals surface area contributed by atoms with E-state index in [1.807, 2.05) is 0 Å². The van der Waals surface area contributed by atoms with Crippen LogP contribution in [-0.4, -0.2) is 32.0 Å². The van der Waals surface area contributed by atoms with Gasteiger partial charge in [-0.3, -0.25) is 4.79 Å². The lowest BCUT2D eigenvalue weighted by Gasteiger charge is -2.00. The lowest BCUT2D eigenvalue weighted by Crippen LogP contribution is -2.37. The second kappa shape index (κ2) is 3.35. The smallest absolute Gasteiger partial charge is 0.226 e. The van der Waals surface area contributed by atoms with Crippen molar-refractivity contribution in [1.82, 2.24) is 0 Å². The Bertz CT molecular complexity index is 280. The molecule has 0 spiro atoms. The highest BCUT2D eigenvalue weighted by Gasteiger charge is 2.27. The number of rotatable bonds is 4. The number of hydrogen-bond acceptors (Lipinski definition) is 5. The van der Waals surface area contributed by atoms with Gasteiger partial charge < -0.3 is 10.2 Å². The summed E-state index contributed by atoms with van der Waals surface area (Å²) >= 11 is 0. The van der Waals surface area contributed by atoms with E-state index in [2.05, 4.69) is 5.14 Å². The molecule has 0 aromatic heterocycles. The third-order valence-corrected chi connectivity index (χ3v) is 1.95. The number of sulfonamides is 1. The van der Waals surface area contributed by atoms with Gasteiger partial charge in [-0.15, -0.1) is 0 Å². The normalized spacial score (nSPS) is 13.5. The number of carbonyl (C=O) groups is 2. The number of hydrogen-bond donors (Lipinski definition) is 2. The van der Waals surface area contributed by atoms with Crippen molar-refractivity contribution in [1.29, 1.82) is 5.41 Å². The summed E-state index contributed by atoms with van der Waals surface area (Å²) in [4.78, 5) is 20.4. The molecule has 0 aliphatic heterocycles. The molecule has 0 amide bonds. The van der Waals surface area contributed by atoms with Crippen molar-refractivity contribution in [3.05, 3.63) is 0 Å². The monoisotopic (exact) mass is 178 g/mol. The second-order valence-electron chi connectivity index (χ2n) is 1.69. The number of primary sulfonamides is 1. The van der Waals surface area contributed by atoms with Crippen molar-refractivity contribution >= 4 is 28.3 Å². The van der Waals surface area contributed by atoms with E-state index >= 15 is 0 Å². The molecule has 0 aliphatic rings. The molecule has 0 fully saturated rings. The van der Waals surface area contributed by atoms with Crippen molar-refractivity contribution in [2.45, 2.75) is 5.25 Å². The van der Waals surface area contributed by atoms with Crippen molar-refractivity contribution in [2.75, 3.05) is 0 Å². The van der Waals surface area contributed by atoms with E-state index in [9.17, 15) is 18.0 Å². The fourth-order valence-electron chi connectivity index (χ4n) is 0.389. The lowest BCUT2D eigenvalue weighted by atomic mass is 10.3. The summed E-state index contributed by atoms with van der Waals surface area (Å²) in [6.45, 7) is 0. The zero-order valence-corrected chi connectivity index (χ0v) is 6.17. The van der Waals surface area contributed by atoms with Crippen LogP contribution in [0.1, 0.15) is 0 Å². The van der Waals surface area contributed by atoms with Gasteiger partial charge >= 0.3 is 0 Å². The second-order valence-corrected chi connectivity index (χ2v) is 3.38. The summed E-state index contributed by atoms with van der Waals surface area (Å²) in [7, 11) is -4.20. The Morgan fingerprint density at radius 1 is 1.55 bits per heavy atom. The Morgan fingerprint density at radius 3 is 2.09 bits per heavy atom. The summed E-state index contributed by atoms with van der Waals surface area (Å²) < 4.78 is 20.8. The fourth-order valence-corrected chi connectivity index (χ4v) is 0.935. The van der Waals surface area contributed by atoms with Crippen molar-refractivity contribution in [3.8, 4) is 0 Å². The molecule has 0 heterocycles. The summed E-state index contributed by atoms with van der Waals surface area (Å²) in [5, 5.41) is 8.92. The first-order chi connectivity index (χ1) is 4.93. The number of carbonyl (C=O) groups excluding carboxylic acids is 2. The Labute approximate surface area is 62.9 Å². The summed E-state index contributed by atoms with van der Waals surface area (Å²) in [5.41, 5.74) is 0. The first kappa shape index (κ1) is 9.92. The number of Topliss-reactive ketones (excluding diaryl/α,β-unsaturated/α-hetero) is 1. The highest BCUT2D eigenvalue weighted by Crippen LogP contribution is 1.91. The van der Waals surface area contributed by atoms with E-state index in [4.69, 9.17) is 5.41 Å². The van der Waals surface area contributed by atoms with Crippen LogP contribution in [0.4, 0.5) is 0 Å². The van der Waals surface area contributed by atoms with E-state index in [1.165, 1.54) is 0 Å². The van der Waals surface area contributed by atoms with Crippen LogP contribution in [0.15, 0.2) is 0 Å². The van der Waals surface area contributed by atoms with Crippen LogP contribution >= 0.6 is 0 Å². The number of aldehydes is 1. The third kappa shape index (κ3) is 2.56. The average Bonchev–Trinajstić information content (AvgIpc) is 1.86. The van der Waals surface area contributed by atoms with E-state index < -0.39 is 21.1 Å². The van der Waals surface area contributed by atoms with Crippen LogP contribution in [0.5, 0.6) is 0 Å². The van der Waals surface area contributed by atoms with Crippen molar-refractivity contribution in [2.24, 2.45) is 5.14 Å². The van der Waals surface area contributed by atoms with Crippen molar-refractivity contribution in [3.63, 3.8) is 0 Å². The maximum absolute atomic E-state index is 10.5. The molecule has 0 radical (unpaired) electrons. The maximum atomic E-state index is 10.5. The first-order valence-corrected chi connectivity index (χ1v) is 4.05. The molecule has 62 valence electrons. The molecular weight excluding hydrogens is 172 g/mol. The Kier molecular flexibility index (Phi) is 3.02. The molecule has 0 bridgehead atoms. The molecular formula is C4H6N2O4S. The maximum Gasteiger partial charge on any atom is 0.226 e. The van der Waals surface area contributed by atoms with Gasteiger partial charge in [0.25, 0.3) is 0 Å². The van der Waals surface area contributed by atoms with Gasteiger partial charge in [-0.1, -0.05) is 0 Å². The zero-order chi connectivity index (χ0) is 9.07. The molecule has 0 aliphatic carbocycles. The average molecular weight is 178 g/mol. The largest absolute Gasteiger partial charge is 0.305 e. The predicted octanol–water partition coefficient (Wildman–Crippen LogP) is -1.94. The van der Waals surface area contributed by atoms with Gasteiger partial charge in [-0.2, -0.15) is 0 Å². The lowest BCUT2D eigenvalue weighted by molar-refractivity contribution is -0.116. The predicted molar refractivity (Wildman–Crippen MR) is 36.7 cm³/mol. The molecule has 3 N–H and O–H groups in total. The van der Waals surface area contributed by atoms with Gasteiger partial charge in [0.2, 0.25) is 10.0 Å². The molecule has 1 atom stereocenters. The molecule has 0 saturated heterocycles. The van der Waals surface area contributed by atoms with Crippen LogP contribution in [0.3, 0.4) is 0 Å². The van der Waals surface area contributed by atoms with Gasteiger partial charge in [-0.25, -0.2) is 13.6 Å². The number of ketones is 1. The number of nitrogens with one attached hydrogen (secondary N) is 1. The zero-order valence-electron chi connectivity index (χ0n) is 5.35. The van der Waals surface area contributed by atoms with Gasteiger partial charge in [0.05, 0.1) is 6.21 Å². The van der Waals surface area contributed by atoms with Gasteiger partial charge in [0.15, 0.2) is 11.0 Å². The first-order valence-electron chi connectivity index (χ1n) is 2.44. The van der Waals surface area contributed by atoms with Crippen LogP contribution in [0.2, 0.25) is 0 Å². The van der Waals surface area contributed by atoms with Gasteiger partial charge in [-0.05, 0) is 0 Å². The molecule has 0 rings (SSSR count). The molecule has 6 nitrogen and oxygen atoms in total. The minimum absolute atomic E-state index is 0.108. The number of nitrogens with two attached hydrogens (primary N) is 1. The van der Waals surface area contributed by atoms with E-state index in [0.29, 0.717) is 0 Å². The van der Waals surface area contributed by atoms with Gasteiger partial charge in [0.1, 0.15) is 6.29 Å². The summed E-state index contributed by atoms with van der Waals surface area (Å²) in [6.07, 6.45) is 0.131. The summed E-state index contributed by atoms with van der Waals surface area (Å²) in [6, 6.07) is 0. The quantitative estimate of drug-likeness (QED) is 0.295. The molecule has 0 aromatic carbocycles. The Morgan fingerprint density at radius 2 is 2.00 bits per heavy atom. The molecule has 0 saturated carbocycles.